The number of nitrogens with zero attached hydrogens (tertiary/aromatic N) is 3. The Hall–Kier alpha value is -0.900. The van der Waals surface area contributed by atoms with Crippen molar-refractivity contribution in [1.82, 2.24) is 20.1 Å². The van der Waals surface area contributed by atoms with Crippen LogP contribution in [-0.4, -0.2) is 27.4 Å². The molecule has 0 amide bonds. The Kier molecular flexibility index (Phi) is 5.42. The van der Waals surface area contributed by atoms with E-state index in [4.69, 9.17) is 0 Å². The Labute approximate surface area is 129 Å². The zero-order valence-corrected chi connectivity index (χ0v) is 14.4. The van der Waals surface area contributed by atoms with Crippen molar-refractivity contribution in [3.05, 3.63) is 12.2 Å². The number of hydrogen-bond donors (Lipinski definition) is 1. The highest BCUT2D eigenvalue weighted by atomic mass is 15.3. The second kappa shape index (κ2) is 6.91. The molecule has 2 rings (SSSR count). The predicted octanol–water partition coefficient (Wildman–Crippen LogP) is 3.19. The van der Waals surface area contributed by atoms with Gasteiger partial charge in [0.25, 0.3) is 0 Å². The molecule has 1 unspecified atom stereocenters. The molecule has 0 aliphatic heterocycles. The molecule has 1 aliphatic carbocycles. The fourth-order valence-corrected chi connectivity index (χ4v) is 3.76. The Balaban J connectivity index is 1.95. The van der Waals surface area contributed by atoms with Crippen LogP contribution in [0, 0.1) is 17.3 Å². The summed E-state index contributed by atoms with van der Waals surface area (Å²) in [7, 11) is 1.99. The molecule has 1 saturated carbocycles. The molecule has 0 aromatic carbocycles. The van der Waals surface area contributed by atoms with E-state index < -0.39 is 0 Å². The maximum Gasteiger partial charge on any atom is 0.138 e. The van der Waals surface area contributed by atoms with Crippen molar-refractivity contribution in [1.29, 1.82) is 0 Å². The molecule has 21 heavy (non-hydrogen) atoms. The fraction of sp³-hybridized carbons (Fsp3) is 0.882. The lowest BCUT2D eigenvalue weighted by Crippen LogP contribution is -2.41. The number of likely N-dealkylation sites (N-methyl/N-ethyl adjacent to an activating group) is 1. The van der Waals surface area contributed by atoms with Crippen LogP contribution in [0.2, 0.25) is 0 Å². The lowest BCUT2D eigenvalue weighted by Gasteiger charge is -2.39. The van der Waals surface area contributed by atoms with E-state index in [1.807, 2.05) is 11.7 Å². The van der Waals surface area contributed by atoms with Crippen LogP contribution in [0.3, 0.4) is 0 Å². The minimum absolute atomic E-state index is 0.461. The molecule has 1 N–H and O–H groups in total. The van der Waals surface area contributed by atoms with Gasteiger partial charge in [-0.1, -0.05) is 27.7 Å². The van der Waals surface area contributed by atoms with Crippen molar-refractivity contribution in [3.63, 3.8) is 0 Å². The molecule has 1 heterocycles. The molecule has 1 aliphatic rings. The summed E-state index contributed by atoms with van der Waals surface area (Å²) in [6.45, 7) is 10.4. The Bertz CT molecular complexity index is 424. The summed E-state index contributed by atoms with van der Waals surface area (Å²) >= 11 is 0. The Morgan fingerprint density at radius 3 is 2.43 bits per heavy atom. The first-order valence-electron chi connectivity index (χ1n) is 8.48. The van der Waals surface area contributed by atoms with Crippen LogP contribution in [0.4, 0.5) is 0 Å². The highest BCUT2D eigenvalue weighted by Gasteiger charge is 2.33. The van der Waals surface area contributed by atoms with E-state index in [2.05, 4.69) is 43.1 Å². The van der Waals surface area contributed by atoms with Crippen LogP contribution in [-0.2, 0) is 13.5 Å². The van der Waals surface area contributed by atoms with Gasteiger partial charge in [-0.25, -0.2) is 4.98 Å². The highest BCUT2D eigenvalue weighted by Crippen LogP contribution is 2.40. The summed E-state index contributed by atoms with van der Waals surface area (Å²) in [4.78, 5) is 4.40. The topological polar surface area (TPSA) is 42.7 Å². The van der Waals surface area contributed by atoms with Crippen LogP contribution in [0.1, 0.15) is 59.2 Å². The highest BCUT2D eigenvalue weighted by molar-refractivity contribution is 4.93. The lowest BCUT2D eigenvalue weighted by atomic mass is 9.68. The number of rotatable bonds is 5. The lowest BCUT2D eigenvalue weighted by molar-refractivity contribution is 0.132. The van der Waals surface area contributed by atoms with Crippen LogP contribution in [0.15, 0.2) is 6.33 Å². The first kappa shape index (κ1) is 16.5. The summed E-state index contributed by atoms with van der Waals surface area (Å²) in [6, 6.07) is 0.541. The second-order valence-electron chi connectivity index (χ2n) is 7.65. The summed E-state index contributed by atoms with van der Waals surface area (Å²) in [5, 5.41) is 7.89. The molecule has 1 aromatic rings. The summed E-state index contributed by atoms with van der Waals surface area (Å²) in [5.41, 5.74) is 0.461. The first-order valence-corrected chi connectivity index (χ1v) is 8.48. The molecule has 0 bridgehead atoms. The van der Waals surface area contributed by atoms with E-state index in [0.29, 0.717) is 11.5 Å². The van der Waals surface area contributed by atoms with Gasteiger partial charge in [-0.15, -0.1) is 0 Å². The van der Waals surface area contributed by atoms with Crippen LogP contribution >= 0.6 is 0 Å². The largest absolute Gasteiger partial charge is 0.314 e. The monoisotopic (exact) mass is 292 g/mol. The minimum Gasteiger partial charge on any atom is -0.314 e. The van der Waals surface area contributed by atoms with Crippen molar-refractivity contribution < 1.29 is 0 Å². The van der Waals surface area contributed by atoms with E-state index in [1.165, 1.54) is 25.7 Å². The summed E-state index contributed by atoms with van der Waals surface area (Å²) in [5.74, 6) is 2.75. The third kappa shape index (κ3) is 4.29. The zero-order chi connectivity index (χ0) is 15.5. The van der Waals surface area contributed by atoms with Gasteiger partial charge in [-0.2, -0.15) is 5.10 Å². The van der Waals surface area contributed by atoms with Crippen molar-refractivity contribution in [2.45, 2.75) is 65.8 Å². The van der Waals surface area contributed by atoms with E-state index in [0.717, 1.165) is 30.6 Å². The number of nitrogens with one attached hydrogen (secondary N) is 1. The van der Waals surface area contributed by atoms with Crippen LogP contribution in [0.25, 0.3) is 0 Å². The SMILES string of the molecule is CCNC(Cc1ncnn1C)C1CCC(C(C)(C)C)CC1. The maximum atomic E-state index is 4.40. The van der Waals surface area contributed by atoms with Crippen molar-refractivity contribution >= 4 is 0 Å². The van der Waals surface area contributed by atoms with Gasteiger partial charge in [0.1, 0.15) is 12.2 Å². The third-order valence-corrected chi connectivity index (χ3v) is 5.24. The second-order valence-corrected chi connectivity index (χ2v) is 7.65. The first-order chi connectivity index (χ1) is 9.91. The van der Waals surface area contributed by atoms with Crippen molar-refractivity contribution in [2.24, 2.45) is 24.3 Å². The molecular formula is C17H32N4. The van der Waals surface area contributed by atoms with E-state index >= 15 is 0 Å². The molecule has 4 nitrogen and oxygen atoms in total. The average molecular weight is 292 g/mol. The van der Waals surface area contributed by atoms with Gasteiger partial charge < -0.3 is 5.32 Å². The smallest absolute Gasteiger partial charge is 0.138 e. The summed E-state index contributed by atoms with van der Waals surface area (Å²) in [6.07, 6.45) is 8.09. The predicted molar refractivity (Wildman–Crippen MR) is 87.1 cm³/mol. The van der Waals surface area contributed by atoms with Gasteiger partial charge in [0.05, 0.1) is 0 Å². The van der Waals surface area contributed by atoms with Gasteiger partial charge in [0.15, 0.2) is 0 Å². The van der Waals surface area contributed by atoms with Gasteiger partial charge in [-0.05, 0) is 49.5 Å². The average Bonchev–Trinajstić information content (AvgIpc) is 2.83. The molecule has 0 radical (unpaired) electrons. The Morgan fingerprint density at radius 1 is 1.29 bits per heavy atom. The van der Waals surface area contributed by atoms with Crippen LogP contribution < -0.4 is 5.32 Å². The summed E-state index contributed by atoms with van der Waals surface area (Å²) < 4.78 is 1.91. The molecular weight excluding hydrogens is 260 g/mol. The molecule has 1 fully saturated rings. The Morgan fingerprint density at radius 2 is 1.95 bits per heavy atom. The van der Waals surface area contributed by atoms with Gasteiger partial charge >= 0.3 is 0 Å². The molecule has 120 valence electrons. The quantitative estimate of drug-likeness (QED) is 0.906. The molecule has 0 spiro atoms. The molecule has 0 saturated heterocycles. The maximum absolute atomic E-state index is 4.40. The normalized spacial score (nSPS) is 25.0. The van der Waals surface area contributed by atoms with Crippen LogP contribution in [0.5, 0.6) is 0 Å². The molecule has 4 heteroatoms. The number of aryl methyl sites for hydroxylation is 1. The minimum atomic E-state index is 0.461. The van der Waals surface area contributed by atoms with Gasteiger partial charge in [0, 0.05) is 19.5 Å². The third-order valence-electron chi connectivity index (χ3n) is 5.24. The van der Waals surface area contributed by atoms with Crippen molar-refractivity contribution in [2.75, 3.05) is 6.54 Å². The number of hydrogen-bond acceptors (Lipinski definition) is 3. The zero-order valence-electron chi connectivity index (χ0n) is 14.4. The molecule has 1 aromatic heterocycles. The van der Waals surface area contributed by atoms with Crippen molar-refractivity contribution in [3.8, 4) is 0 Å². The fourth-order valence-electron chi connectivity index (χ4n) is 3.76. The van der Waals surface area contributed by atoms with E-state index in [1.54, 1.807) is 6.33 Å². The van der Waals surface area contributed by atoms with Gasteiger partial charge in [0.2, 0.25) is 0 Å². The standard InChI is InChI=1S/C17H32N4/c1-6-18-15(11-16-19-12-20-21(16)5)13-7-9-14(10-8-13)17(2,3)4/h12-15,18H,6-11H2,1-5H3. The van der Waals surface area contributed by atoms with E-state index in [9.17, 15) is 0 Å². The number of aromatic nitrogens is 3. The van der Waals surface area contributed by atoms with Gasteiger partial charge in [-0.3, -0.25) is 4.68 Å². The van der Waals surface area contributed by atoms with E-state index in [-0.39, 0.29) is 0 Å². The molecule has 1 atom stereocenters.